The van der Waals surface area contributed by atoms with E-state index in [2.05, 4.69) is 11.9 Å². The summed E-state index contributed by atoms with van der Waals surface area (Å²) in [5, 5.41) is 0. The van der Waals surface area contributed by atoms with E-state index in [0.29, 0.717) is 18.0 Å². The Balaban J connectivity index is 1.84. The molecule has 0 bridgehead atoms. The molecular formula is C15H23FN2O. The number of benzene rings is 1. The van der Waals surface area contributed by atoms with Gasteiger partial charge in [-0.15, -0.1) is 0 Å². The second-order valence-corrected chi connectivity index (χ2v) is 5.40. The molecule has 1 aromatic rings. The lowest BCUT2D eigenvalue weighted by molar-refractivity contribution is 0.0551. The Labute approximate surface area is 114 Å². The van der Waals surface area contributed by atoms with Crippen molar-refractivity contribution < 1.29 is 9.13 Å². The minimum absolute atomic E-state index is 0.213. The minimum Gasteiger partial charge on any atom is -0.381 e. The summed E-state index contributed by atoms with van der Waals surface area (Å²) in [6.07, 6.45) is 2.22. The standard InChI is InChI=1S/C15H23FN2O/c1-18(10-12-6-8-19-9-7-12)11-15(17)13-4-2-3-5-14(13)16/h2-5,12,15H,6-11,17H2,1H3. The van der Waals surface area contributed by atoms with Crippen LogP contribution in [-0.2, 0) is 4.74 Å². The van der Waals surface area contributed by atoms with E-state index in [1.165, 1.54) is 6.07 Å². The van der Waals surface area contributed by atoms with Crippen LogP contribution in [0.1, 0.15) is 24.4 Å². The van der Waals surface area contributed by atoms with Crippen molar-refractivity contribution in [2.75, 3.05) is 33.4 Å². The summed E-state index contributed by atoms with van der Waals surface area (Å²) in [5.74, 6) is 0.459. The number of ether oxygens (including phenoxy) is 1. The van der Waals surface area contributed by atoms with Crippen LogP contribution in [-0.4, -0.2) is 38.3 Å². The van der Waals surface area contributed by atoms with Gasteiger partial charge in [0, 0.05) is 37.9 Å². The molecule has 3 nitrogen and oxygen atoms in total. The van der Waals surface area contributed by atoms with E-state index >= 15 is 0 Å². The second kappa shape index (κ2) is 6.98. The quantitative estimate of drug-likeness (QED) is 0.888. The molecule has 1 fully saturated rings. The number of rotatable bonds is 5. The fourth-order valence-corrected chi connectivity index (χ4v) is 2.65. The largest absolute Gasteiger partial charge is 0.381 e. The molecule has 1 aliphatic heterocycles. The first-order valence-corrected chi connectivity index (χ1v) is 6.93. The Bertz CT molecular complexity index is 393. The van der Waals surface area contributed by atoms with E-state index in [4.69, 9.17) is 10.5 Å². The van der Waals surface area contributed by atoms with Gasteiger partial charge in [0.1, 0.15) is 5.82 Å². The smallest absolute Gasteiger partial charge is 0.128 e. The maximum Gasteiger partial charge on any atom is 0.128 e. The van der Waals surface area contributed by atoms with Crippen molar-refractivity contribution in [1.82, 2.24) is 4.90 Å². The summed E-state index contributed by atoms with van der Waals surface area (Å²) in [5.41, 5.74) is 6.69. The van der Waals surface area contributed by atoms with Crippen molar-refractivity contribution in [2.24, 2.45) is 11.7 Å². The van der Waals surface area contributed by atoms with E-state index < -0.39 is 0 Å². The highest BCUT2D eigenvalue weighted by molar-refractivity contribution is 5.21. The molecule has 1 aliphatic rings. The van der Waals surface area contributed by atoms with Crippen molar-refractivity contribution in [1.29, 1.82) is 0 Å². The van der Waals surface area contributed by atoms with Crippen LogP contribution in [0, 0.1) is 11.7 Å². The van der Waals surface area contributed by atoms with Gasteiger partial charge in [-0.25, -0.2) is 4.39 Å². The molecule has 0 spiro atoms. The first-order chi connectivity index (χ1) is 9.16. The van der Waals surface area contributed by atoms with E-state index in [1.54, 1.807) is 12.1 Å². The van der Waals surface area contributed by atoms with Crippen LogP contribution >= 0.6 is 0 Å². The molecule has 1 saturated heterocycles. The van der Waals surface area contributed by atoms with Gasteiger partial charge < -0.3 is 15.4 Å². The first kappa shape index (κ1) is 14.4. The fraction of sp³-hybridized carbons (Fsp3) is 0.600. The van der Waals surface area contributed by atoms with Gasteiger partial charge in [-0.1, -0.05) is 18.2 Å². The summed E-state index contributed by atoms with van der Waals surface area (Å²) < 4.78 is 19.0. The van der Waals surface area contributed by atoms with Crippen molar-refractivity contribution in [2.45, 2.75) is 18.9 Å². The average molecular weight is 266 g/mol. The highest BCUT2D eigenvalue weighted by Crippen LogP contribution is 2.18. The van der Waals surface area contributed by atoms with Crippen LogP contribution in [0.4, 0.5) is 4.39 Å². The van der Waals surface area contributed by atoms with E-state index in [1.807, 2.05) is 6.07 Å². The van der Waals surface area contributed by atoms with Gasteiger partial charge in [0.05, 0.1) is 0 Å². The predicted molar refractivity (Wildman–Crippen MR) is 74.4 cm³/mol. The van der Waals surface area contributed by atoms with Gasteiger partial charge in [-0.3, -0.25) is 0 Å². The molecule has 1 aromatic carbocycles. The lowest BCUT2D eigenvalue weighted by atomic mass is 9.99. The topological polar surface area (TPSA) is 38.5 Å². The maximum atomic E-state index is 13.6. The van der Waals surface area contributed by atoms with Gasteiger partial charge >= 0.3 is 0 Å². The molecule has 1 unspecified atom stereocenters. The lowest BCUT2D eigenvalue weighted by Crippen LogP contribution is -2.35. The molecule has 2 N–H and O–H groups in total. The molecule has 106 valence electrons. The SMILES string of the molecule is CN(CC1CCOCC1)CC(N)c1ccccc1F. The molecule has 0 amide bonds. The molecule has 4 heteroatoms. The van der Waals surface area contributed by atoms with Gasteiger partial charge in [-0.05, 0) is 31.9 Å². The Morgan fingerprint density at radius 2 is 2.05 bits per heavy atom. The normalized spacial score (nSPS) is 18.7. The second-order valence-electron chi connectivity index (χ2n) is 5.40. The molecule has 19 heavy (non-hydrogen) atoms. The molecule has 2 rings (SSSR count). The Morgan fingerprint density at radius 1 is 1.37 bits per heavy atom. The minimum atomic E-state index is -0.272. The van der Waals surface area contributed by atoms with E-state index in [-0.39, 0.29) is 11.9 Å². The fourth-order valence-electron chi connectivity index (χ4n) is 2.65. The number of hydrogen-bond acceptors (Lipinski definition) is 3. The summed E-state index contributed by atoms with van der Waals surface area (Å²) in [7, 11) is 2.05. The lowest BCUT2D eigenvalue weighted by Gasteiger charge is -2.28. The third-order valence-electron chi connectivity index (χ3n) is 3.72. The average Bonchev–Trinajstić information content (AvgIpc) is 2.40. The Morgan fingerprint density at radius 3 is 2.74 bits per heavy atom. The van der Waals surface area contributed by atoms with E-state index in [9.17, 15) is 4.39 Å². The van der Waals surface area contributed by atoms with Gasteiger partial charge in [0.25, 0.3) is 0 Å². The molecule has 0 saturated carbocycles. The number of nitrogens with two attached hydrogens (primary N) is 1. The zero-order valence-electron chi connectivity index (χ0n) is 11.5. The zero-order chi connectivity index (χ0) is 13.7. The third kappa shape index (κ3) is 4.27. The third-order valence-corrected chi connectivity index (χ3v) is 3.72. The van der Waals surface area contributed by atoms with Gasteiger partial charge in [0.2, 0.25) is 0 Å². The first-order valence-electron chi connectivity index (χ1n) is 6.93. The molecular weight excluding hydrogens is 243 g/mol. The van der Waals surface area contributed by atoms with Crippen LogP contribution < -0.4 is 5.73 Å². The summed E-state index contributed by atoms with van der Waals surface area (Å²) in [6, 6.07) is 6.48. The number of nitrogens with zero attached hydrogens (tertiary/aromatic N) is 1. The molecule has 0 radical (unpaired) electrons. The van der Waals surface area contributed by atoms with Crippen LogP contribution in [0.15, 0.2) is 24.3 Å². The van der Waals surface area contributed by atoms with Crippen molar-refractivity contribution >= 4 is 0 Å². The highest BCUT2D eigenvalue weighted by Gasteiger charge is 2.18. The molecule has 1 atom stereocenters. The Kier molecular flexibility index (Phi) is 5.31. The maximum absolute atomic E-state index is 13.6. The van der Waals surface area contributed by atoms with Gasteiger partial charge in [-0.2, -0.15) is 0 Å². The number of hydrogen-bond donors (Lipinski definition) is 1. The Hall–Kier alpha value is -0.970. The van der Waals surface area contributed by atoms with Crippen molar-refractivity contribution in [3.63, 3.8) is 0 Å². The highest BCUT2D eigenvalue weighted by atomic mass is 19.1. The molecule has 1 heterocycles. The summed E-state index contributed by atoms with van der Waals surface area (Å²) in [4.78, 5) is 2.20. The van der Waals surface area contributed by atoms with Crippen LogP contribution in [0.25, 0.3) is 0 Å². The number of halogens is 1. The predicted octanol–water partition coefficient (Wildman–Crippen LogP) is 2.18. The molecule has 0 aliphatic carbocycles. The van der Waals surface area contributed by atoms with Crippen molar-refractivity contribution in [3.8, 4) is 0 Å². The molecule has 0 aromatic heterocycles. The van der Waals surface area contributed by atoms with Crippen LogP contribution in [0.2, 0.25) is 0 Å². The van der Waals surface area contributed by atoms with Gasteiger partial charge in [0.15, 0.2) is 0 Å². The van der Waals surface area contributed by atoms with Crippen molar-refractivity contribution in [3.05, 3.63) is 35.6 Å². The number of likely N-dealkylation sites (N-methyl/N-ethyl adjacent to an activating group) is 1. The van der Waals surface area contributed by atoms with E-state index in [0.717, 1.165) is 32.6 Å². The van der Waals surface area contributed by atoms with Crippen LogP contribution in [0.5, 0.6) is 0 Å². The summed E-state index contributed by atoms with van der Waals surface area (Å²) >= 11 is 0. The monoisotopic (exact) mass is 266 g/mol. The zero-order valence-corrected chi connectivity index (χ0v) is 11.5. The van der Waals surface area contributed by atoms with Crippen LogP contribution in [0.3, 0.4) is 0 Å². The summed E-state index contributed by atoms with van der Waals surface area (Å²) in [6.45, 7) is 3.40.